The van der Waals surface area contributed by atoms with Gasteiger partial charge in [-0.25, -0.2) is 18.7 Å². The number of aromatic nitrogens is 2. The van der Waals surface area contributed by atoms with Crippen molar-refractivity contribution in [2.75, 3.05) is 18.5 Å². The minimum Gasteiger partial charge on any atom is -0.375 e. The van der Waals surface area contributed by atoms with Crippen molar-refractivity contribution >= 4 is 23.3 Å². The second kappa shape index (κ2) is 7.08. The average molecular weight is 266 g/mol. The number of hydrogen-bond donors (Lipinski definition) is 1. The number of alkyl halides is 2. The van der Waals surface area contributed by atoms with Crippen LogP contribution in [-0.4, -0.2) is 35.5 Å². The van der Waals surface area contributed by atoms with Crippen LogP contribution in [0.1, 0.15) is 6.42 Å². The Labute approximate surface area is 101 Å². The monoisotopic (exact) mass is 265 g/mol. The summed E-state index contributed by atoms with van der Waals surface area (Å²) in [6, 6.07) is 0. The lowest BCUT2D eigenvalue weighted by atomic mass is 10.4. The van der Waals surface area contributed by atoms with Gasteiger partial charge in [-0.1, -0.05) is 11.6 Å². The van der Waals surface area contributed by atoms with E-state index in [9.17, 15) is 13.6 Å². The zero-order valence-corrected chi connectivity index (χ0v) is 9.45. The minimum atomic E-state index is -2.53. The molecule has 1 N–H and O–H groups in total. The van der Waals surface area contributed by atoms with Crippen LogP contribution in [0.15, 0.2) is 12.4 Å². The fourth-order valence-electron chi connectivity index (χ4n) is 0.937. The molecule has 0 aliphatic heterocycles. The predicted molar refractivity (Wildman–Crippen MR) is 57.1 cm³/mol. The van der Waals surface area contributed by atoms with E-state index in [2.05, 4.69) is 20.0 Å². The molecule has 5 nitrogen and oxygen atoms in total. The van der Waals surface area contributed by atoms with Crippen LogP contribution in [0.3, 0.4) is 0 Å². The quantitative estimate of drug-likeness (QED) is 0.796. The molecule has 0 fully saturated rings. The molecule has 0 saturated heterocycles. The van der Waals surface area contributed by atoms with Crippen molar-refractivity contribution in [3.63, 3.8) is 0 Å². The SMILES string of the molecule is O=C(CCOCC(F)F)Nc1nccnc1Cl. The Bertz CT molecular complexity index is 379. The van der Waals surface area contributed by atoms with Gasteiger partial charge in [-0.3, -0.25) is 4.79 Å². The Morgan fingerprint density at radius 2 is 2.18 bits per heavy atom. The van der Waals surface area contributed by atoms with Gasteiger partial charge in [-0.15, -0.1) is 0 Å². The van der Waals surface area contributed by atoms with Crippen molar-refractivity contribution in [2.45, 2.75) is 12.8 Å². The highest BCUT2D eigenvalue weighted by atomic mass is 35.5. The molecule has 0 aliphatic rings. The second-order valence-corrected chi connectivity index (χ2v) is 3.32. The van der Waals surface area contributed by atoms with Crippen molar-refractivity contribution < 1.29 is 18.3 Å². The predicted octanol–water partition coefficient (Wildman–Crippen LogP) is 1.74. The number of anilines is 1. The van der Waals surface area contributed by atoms with Gasteiger partial charge in [-0.05, 0) is 0 Å². The summed E-state index contributed by atoms with van der Waals surface area (Å²) in [5.41, 5.74) is 0. The number of amides is 1. The van der Waals surface area contributed by atoms with Crippen LogP contribution < -0.4 is 5.32 Å². The summed E-state index contributed by atoms with van der Waals surface area (Å²) in [5.74, 6) is -0.297. The lowest BCUT2D eigenvalue weighted by Crippen LogP contribution is -2.16. The number of nitrogens with zero attached hydrogens (tertiary/aromatic N) is 2. The summed E-state index contributed by atoms with van der Waals surface area (Å²) in [6.07, 6.45) is 0.158. The Balaban J connectivity index is 2.28. The number of ether oxygens (including phenoxy) is 1. The molecular formula is C9H10ClF2N3O2. The lowest BCUT2D eigenvalue weighted by molar-refractivity contribution is -0.117. The molecule has 1 aromatic rings. The van der Waals surface area contributed by atoms with Crippen molar-refractivity contribution in [1.29, 1.82) is 0 Å². The maximum Gasteiger partial charge on any atom is 0.261 e. The van der Waals surface area contributed by atoms with Gasteiger partial charge in [0.1, 0.15) is 6.61 Å². The molecule has 1 rings (SSSR count). The first-order valence-electron chi connectivity index (χ1n) is 4.72. The Kier molecular flexibility index (Phi) is 5.71. The number of nitrogens with one attached hydrogen (secondary N) is 1. The van der Waals surface area contributed by atoms with E-state index < -0.39 is 18.9 Å². The molecule has 0 bridgehead atoms. The highest BCUT2D eigenvalue weighted by Gasteiger charge is 2.08. The van der Waals surface area contributed by atoms with Gasteiger partial charge in [0.25, 0.3) is 6.43 Å². The third-order valence-electron chi connectivity index (χ3n) is 1.63. The summed E-state index contributed by atoms with van der Waals surface area (Å²) in [6.45, 7) is -0.771. The molecular weight excluding hydrogens is 256 g/mol. The highest BCUT2D eigenvalue weighted by molar-refractivity contribution is 6.32. The van der Waals surface area contributed by atoms with E-state index in [1.165, 1.54) is 12.4 Å². The first-order chi connectivity index (χ1) is 8.09. The Morgan fingerprint density at radius 1 is 1.47 bits per heavy atom. The standard InChI is InChI=1S/C9H10ClF2N3O2/c10-8-9(14-3-2-13-8)15-7(16)1-4-17-5-6(11)12/h2-3,6H,1,4-5H2,(H,14,15,16). The number of hydrogen-bond acceptors (Lipinski definition) is 4. The topological polar surface area (TPSA) is 64.1 Å². The highest BCUT2D eigenvalue weighted by Crippen LogP contribution is 2.13. The normalized spacial score (nSPS) is 10.6. The van der Waals surface area contributed by atoms with Crippen molar-refractivity contribution in [3.8, 4) is 0 Å². The van der Waals surface area contributed by atoms with E-state index in [-0.39, 0.29) is 24.0 Å². The number of rotatable bonds is 6. The largest absolute Gasteiger partial charge is 0.375 e. The van der Waals surface area contributed by atoms with Crippen LogP contribution in [0.25, 0.3) is 0 Å². The molecule has 1 aromatic heterocycles. The van der Waals surface area contributed by atoms with Gasteiger partial charge in [0.15, 0.2) is 11.0 Å². The lowest BCUT2D eigenvalue weighted by Gasteiger charge is -2.05. The molecule has 1 amide bonds. The minimum absolute atomic E-state index is 0.0559. The smallest absolute Gasteiger partial charge is 0.261 e. The zero-order chi connectivity index (χ0) is 12.7. The molecule has 0 atom stereocenters. The van der Waals surface area contributed by atoms with Crippen LogP contribution in [0, 0.1) is 0 Å². The van der Waals surface area contributed by atoms with Crippen molar-refractivity contribution in [2.24, 2.45) is 0 Å². The van der Waals surface area contributed by atoms with E-state index in [0.29, 0.717) is 0 Å². The maximum atomic E-state index is 11.7. The summed E-state index contributed by atoms with van der Waals surface area (Å²) in [4.78, 5) is 18.8. The van der Waals surface area contributed by atoms with E-state index in [1.54, 1.807) is 0 Å². The van der Waals surface area contributed by atoms with Gasteiger partial charge in [0.05, 0.1) is 13.0 Å². The number of halogens is 3. The van der Waals surface area contributed by atoms with E-state index in [1.807, 2.05) is 0 Å². The zero-order valence-electron chi connectivity index (χ0n) is 8.70. The van der Waals surface area contributed by atoms with Gasteiger partial charge in [0, 0.05) is 12.4 Å². The molecule has 94 valence electrons. The summed E-state index contributed by atoms with van der Waals surface area (Å²) >= 11 is 5.65. The Morgan fingerprint density at radius 3 is 2.82 bits per heavy atom. The summed E-state index contributed by atoms with van der Waals surface area (Å²) in [5, 5.41) is 2.45. The van der Waals surface area contributed by atoms with Crippen LogP contribution in [-0.2, 0) is 9.53 Å². The molecule has 0 unspecified atom stereocenters. The van der Waals surface area contributed by atoms with Gasteiger partial charge in [0.2, 0.25) is 5.91 Å². The molecule has 17 heavy (non-hydrogen) atoms. The first kappa shape index (κ1) is 13.7. The average Bonchev–Trinajstić information content (AvgIpc) is 2.27. The molecule has 0 aliphatic carbocycles. The van der Waals surface area contributed by atoms with Crippen molar-refractivity contribution in [1.82, 2.24) is 9.97 Å². The summed E-state index contributed by atoms with van der Waals surface area (Å²) in [7, 11) is 0. The molecule has 0 saturated carbocycles. The van der Waals surface area contributed by atoms with Crippen molar-refractivity contribution in [3.05, 3.63) is 17.5 Å². The second-order valence-electron chi connectivity index (χ2n) is 2.96. The third kappa shape index (κ3) is 5.50. The van der Waals surface area contributed by atoms with Gasteiger partial charge < -0.3 is 10.1 Å². The molecule has 0 spiro atoms. The number of carbonyl (C=O) groups is 1. The molecule has 8 heteroatoms. The summed E-state index contributed by atoms with van der Waals surface area (Å²) < 4.78 is 27.9. The fourth-order valence-corrected chi connectivity index (χ4v) is 1.09. The maximum absolute atomic E-state index is 11.7. The number of carbonyl (C=O) groups excluding carboxylic acids is 1. The van der Waals surface area contributed by atoms with E-state index in [4.69, 9.17) is 11.6 Å². The van der Waals surface area contributed by atoms with Gasteiger partial charge in [-0.2, -0.15) is 0 Å². The fraction of sp³-hybridized carbons (Fsp3) is 0.444. The van der Waals surface area contributed by atoms with Crippen LogP contribution in [0.4, 0.5) is 14.6 Å². The van der Waals surface area contributed by atoms with E-state index >= 15 is 0 Å². The van der Waals surface area contributed by atoms with Crippen LogP contribution in [0.2, 0.25) is 5.15 Å². The first-order valence-corrected chi connectivity index (χ1v) is 5.09. The van der Waals surface area contributed by atoms with Gasteiger partial charge >= 0.3 is 0 Å². The van der Waals surface area contributed by atoms with Crippen LogP contribution >= 0.6 is 11.6 Å². The third-order valence-corrected chi connectivity index (χ3v) is 1.91. The Hall–Kier alpha value is -1.34. The molecule has 0 aromatic carbocycles. The molecule has 1 heterocycles. The molecule has 0 radical (unpaired) electrons. The van der Waals surface area contributed by atoms with E-state index in [0.717, 1.165) is 0 Å². The van der Waals surface area contributed by atoms with Crippen LogP contribution in [0.5, 0.6) is 0 Å².